The molecule has 98 valence electrons. The van der Waals surface area contributed by atoms with Crippen molar-refractivity contribution in [1.82, 2.24) is 9.97 Å². The van der Waals surface area contributed by atoms with Crippen molar-refractivity contribution in [2.75, 3.05) is 0 Å². The highest BCUT2D eigenvalue weighted by atomic mass is 19.1. The lowest BCUT2D eigenvalue weighted by Gasteiger charge is -2.02. The van der Waals surface area contributed by atoms with Crippen molar-refractivity contribution in [2.45, 2.75) is 0 Å². The maximum atomic E-state index is 12.8. The van der Waals surface area contributed by atoms with E-state index in [2.05, 4.69) is 9.97 Å². The minimum Gasteiger partial charge on any atom is -0.303 e. The molecule has 3 rings (SSSR count). The minimum atomic E-state index is -0.451. The number of aromatic amines is 1. The summed E-state index contributed by atoms with van der Waals surface area (Å²) >= 11 is 0. The summed E-state index contributed by atoms with van der Waals surface area (Å²) in [5.41, 5.74) is 0.340. The molecular weight excluding hydrogens is 259 g/mol. The summed E-state index contributed by atoms with van der Waals surface area (Å²) < 4.78 is 12.8. The lowest BCUT2D eigenvalue weighted by atomic mass is 10.1. The number of nitrogens with one attached hydrogen (secondary N) is 1. The molecule has 4 nitrogen and oxygen atoms in total. The van der Waals surface area contributed by atoms with Crippen LogP contribution < -0.4 is 5.56 Å². The summed E-state index contributed by atoms with van der Waals surface area (Å²) in [4.78, 5) is 30.7. The zero-order valence-electron chi connectivity index (χ0n) is 10.3. The van der Waals surface area contributed by atoms with Crippen LogP contribution in [0.3, 0.4) is 0 Å². The average Bonchev–Trinajstić information content (AvgIpc) is 2.47. The molecule has 0 bridgehead atoms. The largest absolute Gasteiger partial charge is 0.303 e. The van der Waals surface area contributed by atoms with Gasteiger partial charge in [-0.2, -0.15) is 0 Å². The number of rotatable bonds is 2. The van der Waals surface area contributed by atoms with Gasteiger partial charge in [0, 0.05) is 5.56 Å². The molecule has 0 unspecified atom stereocenters. The molecule has 1 aromatic heterocycles. The van der Waals surface area contributed by atoms with Gasteiger partial charge in [0.05, 0.1) is 10.9 Å². The van der Waals surface area contributed by atoms with Gasteiger partial charge in [0.2, 0.25) is 5.78 Å². The lowest BCUT2D eigenvalue weighted by Crippen LogP contribution is -2.16. The number of H-pyrrole nitrogens is 1. The lowest BCUT2D eigenvalue weighted by molar-refractivity contribution is 0.102. The smallest absolute Gasteiger partial charge is 0.259 e. The van der Waals surface area contributed by atoms with Crippen molar-refractivity contribution in [3.8, 4) is 0 Å². The number of aromatic nitrogens is 2. The first-order chi connectivity index (χ1) is 9.65. The Kier molecular flexibility index (Phi) is 2.87. The summed E-state index contributed by atoms with van der Waals surface area (Å²) in [6.07, 6.45) is 0. The van der Waals surface area contributed by atoms with E-state index < -0.39 is 11.6 Å². The van der Waals surface area contributed by atoms with Crippen LogP contribution in [0.25, 0.3) is 10.9 Å². The fourth-order valence-electron chi connectivity index (χ4n) is 1.93. The molecular formula is C15H9FN2O2. The zero-order chi connectivity index (χ0) is 14.1. The highest BCUT2D eigenvalue weighted by molar-refractivity contribution is 6.07. The predicted molar refractivity (Wildman–Crippen MR) is 72.2 cm³/mol. The van der Waals surface area contributed by atoms with Gasteiger partial charge in [0.1, 0.15) is 5.82 Å². The van der Waals surface area contributed by atoms with Crippen LogP contribution in [0.5, 0.6) is 0 Å². The van der Waals surface area contributed by atoms with E-state index in [9.17, 15) is 14.0 Å². The second kappa shape index (κ2) is 4.70. The highest BCUT2D eigenvalue weighted by Gasteiger charge is 2.13. The third-order valence-electron chi connectivity index (χ3n) is 2.93. The molecule has 0 aliphatic carbocycles. The van der Waals surface area contributed by atoms with Gasteiger partial charge < -0.3 is 4.98 Å². The minimum absolute atomic E-state index is 0.0553. The molecule has 0 saturated heterocycles. The number of ketones is 1. The maximum absolute atomic E-state index is 12.8. The number of fused-ring (bicyclic) bond motifs is 1. The van der Waals surface area contributed by atoms with Gasteiger partial charge in [-0.15, -0.1) is 0 Å². The van der Waals surface area contributed by atoms with Gasteiger partial charge in [-0.25, -0.2) is 9.37 Å². The van der Waals surface area contributed by atoms with E-state index in [1.165, 1.54) is 24.3 Å². The number of nitrogens with zero attached hydrogens (tertiary/aromatic N) is 1. The standard InChI is InChI=1S/C15H9FN2O2/c16-10-7-5-9(6-8-10)13(19)14-17-12-4-2-1-3-11(12)15(20)18-14/h1-8H,(H,17,18,20). The summed E-state index contributed by atoms with van der Waals surface area (Å²) in [5.74, 6) is -0.935. The second-order valence-electron chi connectivity index (χ2n) is 4.27. The van der Waals surface area contributed by atoms with Crippen LogP contribution in [0, 0.1) is 5.82 Å². The van der Waals surface area contributed by atoms with E-state index in [4.69, 9.17) is 0 Å². The van der Waals surface area contributed by atoms with Crippen LogP contribution in [0.4, 0.5) is 4.39 Å². The number of hydrogen-bond acceptors (Lipinski definition) is 3. The molecule has 2 aromatic carbocycles. The van der Waals surface area contributed by atoms with E-state index in [0.29, 0.717) is 10.9 Å². The van der Waals surface area contributed by atoms with Crippen molar-refractivity contribution >= 4 is 16.7 Å². The van der Waals surface area contributed by atoms with Gasteiger partial charge in [0.15, 0.2) is 5.82 Å². The van der Waals surface area contributed by atoms with Gasteiger partial charge >= 0.3 is 0 Å². The van der Waals surface area contributed by atoms with Gasteiger partial charge in [-0.3, -0.25) is 9.59 Å². The molecule has 3 aromatic rings. The summed E-state index contributed by atoms with van der Waals surface area (Å²) in [5, 5.41) is 0.420. The monoisotopic (exact) mass is 268 g/mol. The Bertz CT molecular complexity index is 854. The maximum Gasteiger partial charge on any atom is 0.259 e. The predicted octanol–water partition coefficient (Wildman–Crippen LogP) is 2.29. The van der Waals surface area contributed by atoms with Gasteiger partial charge in [-0.1, -0.05) is 12.1 Å². The Morgan fingerprint density at radius 3 is 2.50 bits per heavy atom. The molecule has 0 radical (unpaired) electrons. The Labute approximate surface area is 112 Å². The number of benzene rings is 2. The fourth-order valence-corrected chi connectivity index (χ4v) is 1.93. The zero-order valence-corrected chi connectivity index (χ0v) is 10.3. The van der Waals surface area contributed by atoms with E-state index in [1.807, 2.05) is 0 Å². The first kappa shape index (κ1) is 12.2. The highest BCUT2D eigenvalue weighted by Crippen LogP contribution is 2.10. The number of carbonyl (C=O) groups is 1. The Morgan fingerprint density at radius 2 is 1.75 bits per heavy atom. The molecule has 1 heterocycles. The molecule has 0 aliphatic rings. The summed E-state index contributed by atoms with van der Waals surface area (Å²) in [7, 11) is 0. The molecule has 0 atom stereocenters. The third-order valence-corrected chi connectivity index (χ3v) is 2.93. The molecule has 20 heavy (non-hydrogen) atoms. The normalized spacial score (nSPS) is 10.7. The molecule has 1 N–H and O–H groups in total. The van der Waals surface area contributed by atoms with Crippen molar-refractivity contribution in [2.24, 2.45) is 0 Å². The van der Waals surface area contributed by atoms with Crippen molar-refractivity contribution in [3.05, 3.63) is 76.1 Å². The average molecular weight is 268 g/mol. The van der Waals surface area contributed by atoms with Crippen LogP contribution >= 0.6 is 0 Å². The first-order valence-electron chi connectivity index (χ1n) is 5.94. The summed E-state index contributed by atoms with van der Waals surface area (Å²) in [6.45, 7) is 0. The van der Waals surface area contributed by atoms with E-state index >= 15 is 0 Å². The van der Waals surface area contributed by atoms with Crippen molar-refractivity contribution in [1.29, 1.82) is 0 Å². The van der Waals surface area contributed by atoms with E-state index in [1.54, 1.807) is 24.3 Å². The summed E-state index contributed by atoms with van der Waals surface area (Å²) in [6, 6.07) is 11.8. The van der Waals surface area contributed by atoms with E-state index in [-0.39, 0.29) is 16.9 Å². The molecule has 0 spiro atoms. The van der Waals surface area contributed by atoms with Crippen LogP contribution in [-0.2, 0) is 0 Å². The topological polar surface area (TPSA) is 62.8 Å². The Hall–Kier alpha value is -2.82. The number of para-hydroxylation sites is 1. The Morgan fingerprint density at radius 1 is 1.05 bits per heavy atom. The number of halogens is 1. The molecule has 0 saturated carbocycles. The quantitative estimate of drug-likeness (QED) is 0.725. The molecule has 0 amide bonds. The molecule has 5 heteroatoms. The molecule has 0 aliphatic heterocycles. The van der Waals surface area contributed by atoms with Crippen molar-refractivity contribution < 1.29 is 9.18 Å². The van der Waals surface area contributed by atoms with Crippen LogP contribution in [0.1, 0.15) is 16.2 Å². The van der Waals surface area contributed by atoms with Crippen molar-refractivity contribution in [3.63, 3.8) is 0 Å². The van der Waals surface area contributed by atoms with Gasteiger partial charge in [0.25, 0.3) is 5.56 Å². The second-order valence-corrected chi connectivity index (χ2v) is 4.27. The van der Waals surface area contributed by atoms with Crippen LogP contribution in [0.2, 0.25) is 0 Å². The van der Waals surface area contributed by atoms with Gasteiger partial charge in [-0.05, 0) is 36.4 Å². The third kappa shape index (κ3) is 2.09. The first-order valence-corrected chi connectivity index (χ1v) is 5.94. The SMILES string of the molecule is O=C(c1ccc(F)cc1)c1nc2ccccc2c(=O)[nH]1. The Balaban J connectivity index is 2.12. The van der Waals surface area contributed by atoms with E-state index in [0.717, 1.165) is 0 Å². The number of carbonyl (C=O) groups excluding carboxylic acids is 1. The molecule has 0 fully saturated rings. The van der Waals surface area contributed by atoms with Crippen LogP contribution in [-0.4, -0.2) is 15.8 Å². The number of hydrogen-bond donors (Lipinski definition) is 1. The fraction of sp³-hybridized carbons (Fsp3) is 0. The van der Waals surface area contributed by atoms with Crippen LogP contribution in [0.15, 0.2) is 53.3 Å².